The Labute approximate surface area is 192 Å². The summed E-state index contributed by atoms with van der Waals surface area (Å²) in [4.78, 5) is 25.5. The summed E-state index contributed by atoms with van der Waals surface area (Å²) in [6.45, 7) is 2.58. The number of ketones is 2. The monoisotopic (exact) mass is 426 g/mol. The van der Waals surface area contributed by atoms with Crippen molar-refractivity contribution in [2.75, 3.05) is 17.6 Å². The van der Waals surface area contributed by atoms with Gasteiger partial charge in [0.1, 0.15) is 4.90 Å². The maximum atomic E-state index is 13.1. The second-order valence-corrected chi connectivity index (χ2v) is 8.14. The molecule has 0 fully saturated rings. The van der Waals surface area contributed by atoms with E-state index < -0.39 is 32.3 Å². The molecule has 0 unspecified atom stereocenters. The molecular formula is C20H23N2NaO5S. The standard InChI is InChI=1S/C20H22N2O5S.Na.H/c1-2-3-4-7-10-22-14-11-15(28(25,26)27)18(21)17-16(14)19(23)12-8-5-6-9-13(12)20(17)24;;/h5-6,8-9,11,22H,2-4,7,10,21H2,1H3,(H,25,26,27);;. The van der Waals surface area contributed by atoms with E-state index in [0.29, 0.717) is 6.54 Å². The first-order valence-electron chi connectivity index (χ1n) is 9.13. The molecule has 0 heterocycles. The summed E-state index contributed by atoms with van der Waals surface area (Å²) >= 11 is 0. The van der Waals surface area contributed by atoms with Gasteiger partial charge < -0.3 is 11.1 Å². The molecule has 2 aromatic carbocycles. The Bertz CT molecular complexity index is 1070. The van der Waals surface area contributed by atoms with Crippen LogP contribution < -0.4 is 11.1 Å². The molecule has 0 amide bonds. The topological polar surface area (TPSA) is 127 Å². The number of anilines is 2. The van der Waals surface area contributed by atoms with E-state index in [1.807, 2.05) is 0 Å². The van der Waals surface area contributed by atoms with Gasteiger partial charge >= 0.3 is 29.6 Å². The van der Waals surface area contributed by atoms with Gasteiger partial charge in [-0.1, -0.05) is 50.5 Å². The van der Waals surface area contributed by atoms with Gasteiger partial charge in [-0.3, -0.25) is 14.1 Å². The number of nitrogen functional groups attached to an aromatic ring is 1. The van der Waals surface area contributed by atoms with Crippen molar-refractivity contribution in [3.63, 3.8) is 0 Å². The molecule has 3 rings (SSSR count). The van der Waals surface area contributed by atoms with E-state index in [-0.39, 0.29) is 57.5 Å². The van der Waals surface area contributed by atoms with Gasteiger partial charge in [0.2, 0.25) is 0 Å². The van der Waals surface area contributed by atoms with E-state index >= 15 is 0 Å². The zero-order valence-electron chi connectivity index (χ0n) is 15.5. The van der Waals surface area contributed by atoms with Crippen LogP contribution in [-0.4, -0.2) is 60.6 Å². The molecule has 29 heavy (non-hydrogen) atoms. The van der Waals surface area contributed by atoms with Gasteiger partial charge in [0, 0.05) is 23.4 Å². The third-order valence-electron chi connectivity index (χ3n) is 4.82. The van der Waals surface area contributed by atoms with Gasteiger partial charge in [-0.25, -0.2) is 0 Å². The number of carbonyl (C=O) groups is 2. The van der Waals surface area contributed by atoms with Crippen molar-refractivity contribution >= 4 is 62.6 Å². The van der Waals surface area contributed by atoms with E-state index in [9.17, 15) is 22.6 Å². The summed E-state index contributed by atoms with van der Waals surface area (Å²) in [5, 5.41) is 3.05. The molecule has 150 valence electrons. The summed E-state index contributed by atoms with van der Waals surface area (Å²) < 4.78 is 33.1. The van der Waals surface area contributed by atoms with Crippen molar-refractivity contribution in [1.82, 2.24) is 0 Å². The molecule has 0 aliphatic heterocycles. The van der Waals surface area contributed by atoms with Crippen LogP contribution in [0.1, 0.15) is 64.4 Å². The number of carbonyl (C=O) groups excluding carboxylic acids is 2. The minimum absolute atomic E-state index is 0. The SMILES string of the molecule is CCCCCCNc1cc(S(=O)(=O)O)c(N)c2c1C(=O)c1ccccc1C2=O.[NaH]. The third-order valence-corrected chi connectivity index (χ3v) is 5.72. The van der Waals surface area contributed by atoms with E-state index in [0.717, 1.165) is 31.7 Å². The van der Waals surface area contributed by atoms with Gasteiger partial charge in [0.05, 0.1) is 16.8 Å². The summed E-state index contributed by atoms with van der Waals surface area (Å²) in [5.41, 5.74) is 5.95. The average Bonchev–Trinajstić information content (AvgIpc) is 2.65. The fraction of sp³-hybridized carbons (Fsp3) is 0.300. The second kappa shape index (κ2) is 9.40. The van der Waals surface area contributed by atoms with E-state index in [1.165, 1.54) is 6.07 Å². The van der Waals surface area contributed by atoms with E-state index in [4.69, 9.17) is 5.73 Å². The van der Waals surface area contributed by atoms with Gasteiger partial charge in [-0.2, -0.15) is 8.42 Å². The second-order valence-electron chi connectivity index (χ2n) is 6.75. The Kier molecular flexibility index (Phi) is 7.64. The fourth-order valence-electron chi connectivity index (χ4n) is 3.42. The summed E-state index contributed by atoms with van der Waals surface area (Å²) in [5.74, 6) is -0.947. The Morgan fingerprint density at radius 2 is 1.59 bits per heavy atom. The molecule has 4 N–H and O–H groups in total. The first-order chi connectivity index (χ1) is 13.3. The van der Waals surface area contributed by atoms with E-state index in [1.54, 1.807) is 18.2 Å². The van der Waals surface area contributed by atoms with Gasteiger partial charge in [0.15, 0.2) is 11.6 Å². The van der Waals surface area contributed by atoms with Crippen LogP contribution in [0.15, 0.2) is 35.2 Å². The van der Waals surface area contributed by atoms with Crippen molar-refractivity contribution in [3.8, 4) is 0 Å². The molecule has 0 radical (unpaired) electrons. The number of rotatable bonds is 7. The van der Waals surface area contributed by atoms with Crippen LogP contribution in [0, 0.1) is 0 Å². The van der Waals surface area contributed by atoms with Gasteiger partial charge in [-0.05, 0) is 12.5 Å². The number of nitrogens with one attached hydrogen (secondary N) is 1. The zero-order chi connectivity index (χ0) is 20.5. The Hall–Kier alpha value is -1.71. The van der Waals surface area contributed by atoms with Crippen LogP contribution in [0.25, 0.3) is 0 Å². The molecule has 0 saturated heterocycles. The Morgan fingerprint density at radius 1 is 1.00 bits per heavy atom. The van der Waals surface area contributed by atoms with Crippen molar-refractivity contribution in [1.29, 1.82) is 0 Å². The van der Waals surface area contributed by atoms with Crippen molar-refractivity contribution < 1.29 is 22.6 Å². The predicted octanol–water partition coefficient (Wildman–Crippen LogP) is 2.63. The number of hydrogen-bond donors (Lipinski definition) is 3. The van der Waals surface area contributed by atoms with Crippen LogP contribution in [0.5, 0.6) is 0 Å². The zero-order valence-corrected chi connectivity index (χ0v) is 16.3. The first kappa shape index (κ1) is 23.6. The van der Waals surface area contributed by atoms with Crippen LogP contribution in [0.2, 0.25) is 0 Å². The predicted molar refractivity (Wildman–Crippen MR) is 114 cm³/mol. The Morgan fingerprint density at radius 3 is 2.14 bits per heavy atom. The van der Waals surface area contributed by atoms with Crippen molar-refractivity contribution in [2.24, 2.45) is 0 Å². The Balaban J connectivity index is 0.00000300. The van der Waals surface area contributed by atoms with Gasteiger partial charge in [0.25, 0.3) is 10.1 Å². The summed E-state index contributed by atoms with van der Waals surface area (Å²) in [7, 11) is -4.68. The maximum absolute atomic E-state index is 13.1. The molecule has 2 aromatic rings. The normalized spacial score (nSPS) is 12.8. The van der Waals surface area contributed by atoms with Crippen molar-refractivity contribution in [2.45, 2.75) is 37.5 Å². The van der Waals surface area contributed by atoms with Crippen LogP contribution in [0.3, 0.4) is 0 Å². The number of unbranched alkanes of at least 4 members (excludes halogenated alkanes) is 3. The molecule has 0 atom stereocenters. The quantitative estimate of drug-likeness (QED) is 0.229. The van der Waals surface area contributed by atoms with Gasteiger partial charge in [-0.15, -0.1) is 0 Å². The molecule has 0 saturated carbocycles. The number of benzene rings is 2. The average molecular weight is 426 g/mol. The molecule has 9 heteroatoms. The van der Waals surface area contributed by atoms with Crippen LogP contribution in [0.4, 0.5) is 11.4 Å². The minimum atomic E-state index is -4.68. The molecule has 0 aromatic heterocycles. The number of hydrogen-bond acceptors (Lipinski definition) is 6. The summed E-state index contributed by atoms with van der Waals surface area (Å²) in [6, 6.07) is 7.45. The third kappa shape index (κ3) is 4.57. The molecular weight excluding hydrogens is 403 g/mol. The first-order valence-corrected chi connectivity index (χ1v) is 10.6. The molecule has 1 aliphatic carbocycles. The summed E-state index contributed by atoms with van der Waals surface area (Å²) in [6.07, 6.45) is 3.91. The fourth-order valence-corrected chi connectivity index (χ4v) is 4.07. The molecule has 0 spiro atoms. The van der Waals surface area contributed by atoms with E-state index in [2.05, 4.69) is 12.2 Å². The van der Waals surface area contributed by atoms with Crippen LogP contribution >= 0.6 is 0 Å². The number of fused-ring (bicyclic) bond motifs is 2. The molecule has 7 nitrogen and oxygen atoms in total. The van der Waals surface area contributed by atoms with Crippen molar-refractivity contribution in [3.05, 3.63) is 52.6 Å². The number of nitrogens with two attached hydrogens (primary N) is 1. The van der Waals surface area contributed by atoms with Crippen LogP contribution in [-0.2, 0) is 10.1 Å². The molecule has 0 bridgehead atoms. The molecule has 1 aliphatic rings.